The maximum Gasteiger partial charge on any atom is 0.0166 e. The number of rotatable bonds is 2. The number of piperidine rings is 1. The van der Waals surface area contributed by atoms with Gasteiger partial charge in [-0.2, -0.15) is 0 Å². The number of hydrogen-bond acceptors (Lipinski definition) is 2. The first kappa shape index (κ1) is 17.0. The van der Waals surface area contributed by atoms with Gasteiger partial charge in [0.05, 0.1) is 0 Å². The molecule has 0 radical (unpaired) electrons. The van der Waals surface area contributed by atoms with E-state index in [0.29, 0.717) is 11.0 Å². The lowest BCUT2D eigenvalue weighted by Gasteiger charge is -2.42. The zero-order valence-corrected chi connectivity index (χ0v) is 15.2. The minimum atomic E-state index is 0.348. The molecule has 0 aliphatic carbocycles. The van der Waals surface area contributed by atoms with E-state index in [-0.39, 0.29) is 0 Å². The lowest BCUT2D eigenvalue weighted by Crippen LogP contribution is -2.47. The van der Waals surface area contributed by atoms with E-state index in [1.54, 1.807) is 5.57 Å². The lowest BCUT2D eigenvalue weighted by atomic mass is 9.82. The minimum absolute atomic E-state index is 0.348. The first-order valence-corrected chi connectivity index (χ1v) is 8.83. The van der Waals surface area contributed by atoms with Crippen LogP contribution in [0.4, 0.5) is 0 Å². The molecule has 0 amide bonds. The summed E-state index contributed by atoms with van der Waals surface area (Å²) in [5.41, 5.74) is 2.37. The smallest absolute Gasteiger partial charge is 0.0166 e. The molecule has 2 aliphatic heterocycles. The van der Waals surface area contributed by atoms with Gasteiger partial charge in [-0.3, -0.25) is 9.80 Å². The van der Waals surface area contributed by atoms with E-state index in [1.807, 2.05) is 0 Å². The van der Waals surface area contributed by atoms with Crippen molar-refractivity contribution in [2.45, 2.75) is 66.3 Å². The first-order chi connectivity index (χ1) is 9.66. The Morgan fingerprint density at radius 1 is 1.00 bits per heavy atom. The monoisotopic (exact) mass is 292 g/mol. The van der Waals surface area contributed by atoms with Crippen molar-refractivity contribution in [2.24, 2.45) is 11.3 Å². The van der Waals surface area contributed by atoms with E-state index >= 15 is 0 Å². The van der Waals surface area contributed by atoms with Crippen molar-refractivity contribution in [3.05, 3.63) is 11.6 Å². The Kier molecular flexibility index (Phi) is 5.20. The second kappa shape index (κ2) is 6.42. The molecule has 2 heteroatoms. The summed E-state index contributed by atoms with van der Waals surface area (Å²) in [5, 5.41) is 0. The molecule has 2 nitrogen and oxygen atoms in total. The molecule has 21 heavy (non-hydrogen) atoms. The van der Waals surface area contributed by atoms with Gasteiger partial charge in [0, 0.05) is 25.2 Å². The van der Waals surface area contributed by atoms with Gasteiger partial charge >= 0.3 is 0 Å². The quantitative estimate of drug-likeness (QED) is 0.705. The van der Waals surface area contributed by atoms with Crippen molar-refractivity contribution in [1.82, 2.24) is 9.80 Å². The second-order valence-corrected chi connectivity index (χ2v) is 9.09. The predicted molar refractivity (Wildman–Crippen MR) is 92.6 cm³/mol. The summed E-state index contributed by atoms with van der Waals surface area (Å²) in [7, 11) is 0. The molecule has 0 unspecified atom stereocenters. The molecule has 2 aliphatic rings. The van der Waals surface area contributed by atoms with Crippen LogP contribution in [0.25, 0.3) is 0 Å². The second-order valence-electron chi connectivity index (χ2n) is 9.09. The molecule has 2 rings (SSSR count). The normalized spacial score (nSPS) is 24.2. The summed E-state index contributed by atoms with van der Waals surface area (Å²) < 4.78 is 0. The van der Waals surface area contributed by atoms with Crippen LogP contribution >= 0.6 is 0 Å². The fraction of sp³-hybridized carbons (Fsp3) is 0.895. The fourth-order valence-electron chi connectivity index (χ4n) is 3.71. The third-order valence-corrected chi connectivity index (χ3v) is 5.34. The van der Waals surface area contributed by atoms with Crippen molar-refractivity contribution in [3.8, 4) is 0 Å². The van der Waals surface area contributed by atoms with Crippen LogP contribution in [-0.4, -0.2) is 48.1 Å². The van der Waals surface area contributed by atoms with Gasteiger partial charge in [0.2, 0.25) is 0 Å². The van der Waals surface area contributed by atoms with Gasteiger partial charge in [-0.05, 0) is 64.5 Å². The largest absolute Gasteiger partial charge is 0.299 e. The molecule has 0 N–H and O–H groups in total. The van der Waals surface area contributed by atoms with Crippen molar-refractivity contribution in [3.63, 3.8) is 0 Å². The fourth-order valence-corrected chi connectivity index (χ4v) is 3.71. The molecular formula is C19H36N2. The number of hydrogen-bond donors (Lipinski definition) is 0. The van der Waals surface area contributed by atoms with Crippen LogP contribution < -0.4 is 0 Å². The molecule has 0 atom stereocenters. The van der Waals surface area contributed by atoms with Crippen LogP contribution in [0.2, 0.25) is 0 Å². The minimum Gasteiger partial charge on any atom is -0.299 e. The van der Waals surface area contributed by atoms with Crippen molar-refractivity contribution < 1.29 is 0 Å². The highest BCUT2D eigenvalue weighted by atomic mass is 15.2. The van der Waals surface area contributed by atoms with Crippen LogP contribution in [0.15, 0.2) is 11.6 Å². The Bertz CT molecular complexity index is 362. The Morgan fingerprint density at radius 3 is 2.05 bits per heavy atom. The number of nitrogens with zero attached hydrogens (tertiary/aromatic N) is 2. The SMILES string of the molecule is CC(C)(C)C1=CCN(CC2CCN(C(C)(C)C)CC2)CC1. The van der Waals surface area contributed by atoms with E-state index < -0.39 is 0 Å². The van der Waals surface area contributed by atoms with E-state index in [0.717, 1.165) is 5.92 Å². The third kappa shape index (κ3) is 4.82. The van der Waals surface area contributed by atoms with Gasteiger partial charge in [0.15, 0.2) is 0 Å². The van der Waals surface area contributed by atoms with Gasteiger partial charge in [-0.1, -0.05) is 32.4 Å². The van der Waals surface area contributed by atoms with Gasteiger partial charge in [0.25, 0.3) is 0 Å². The summed E-state index contributed by atoms with van der Waals surface area (Å²) in [6.45, 7) is 20.4. The molecule has 0 aromatic carbocycles. The van der Waals surface area contributed by atoms with E-state index in [2.05, 4.69) is 57.4 Å². The van der Waals surface area contributed by atoms with Gasteiger partial charge < -0.3 is 0 Å². The highest BCUT2D eigenvalue weighted by molar-refractivity contribution is 5.14. The average Bonchev–Trinajstić information content (AvgIpc) is 2.38. The molecule has 122 valence electrons. The third-order valence-electron chi connectivity index (χ3n) is 5.34. The molecule has 0 spiro atoms. The van der Waals surface area contributed by atoms with Crippen LogP contribution in [0.5, 0.6) is 0 Å². The van der Waals surface area contributed by atoms with Gasteiger partial charge in [-0.15, -0.1) is 0 Å². The summed E-state index contributed by atoms with van der Waals surface area (Å²) in [6, 6.07) is 0. The zero-order chi connectivity index (χ0) is 15.7. The first-order valence-electron chi connectivity index (χ1n) is 8.83. The highest BCUT2D eigenvalue weighted by Gasteiger charge is 2.28. The Balaban J connectivity index is 1.77. The Morgan fingerprint density at radius 2 is 1.62 bits per heavy atom. The van der Waals surface area contributed by atoms with E-state index in [1.165, 1.54) is 52.0 Å². The molecule has 1 fully saturated rings. The van der Waals surface area contributed by atoms with Crippen LogP contribution in [0.1, 0.15) is 60.8 Å². The van der Waals surface area contributed by atoms with Gasteiger partial charge in [0.1, 0.15) is 0 Å². The molecule has 0 saturated carbocycles. The molecule has 0 aromatic heterocycles. The van der Waals surface area contributed by atoms with Gasteiger partial charge in [-0.25, -0.2) is 0 Å². The molecule has 2 heterocycles. The molecule has 1 saturated heterocycles. The number of likely N-dealkylation sites (tertiary alicyclic amines) is 1. The summed E-state index contributed by atoms with van der Waals surface area (Å²) in [6.07, 6.45) is 6.52. The van der Waals surface area contributed by atoms with Crippen LogP contribution in [0.3, 0.4) is 0 Å². The van der Waals surface area contributed by atoms with E-state index in [4.69, 9.17) is 0 Å². The van der Waals surface area contributed by atoms with Crippen molar-refractivity contribution in [2.75, 3.05) is 32.7 Å². The molecular weight excluding hydrogens is 256 g/mol. The topological polar surface area (TPSA) is 6.48 Å². The maximum absolute atomic E-state index is 2.67. The summed E-state index contributed by atoms with van der Waals surface area (Å²) in [5.74, 6) is 0.910. The van der Waals surface area contributed by atoms with Crippen molar-refractivity contribution >= 4 is 0 Å². The summed E-state index contributed by atoms with van der Waals surface area (Å²) in [4.78, 5) is 5.32. The Labute approximate surface area is 132 Å². The van der Waals surface area contributed by atoms with Crippen molar-refractivity contribution in [1.29, 1.82) is 0 Å². The zero-order valence-electron chi connectivity index (χ0n) is 15.2. The maximum atomic E-state index is 2.67. The summed E-state index contributed by atoms with van der Waals surface area (Å²) >= 11 is 0. The predicted octanol–water partition coefficient (Wildman–Crippen LogP) is 4.18. The average molecular weight is 293 g/mol. The van der Waals surface area contributed by atoms with Crippen LogP contribution in [0, 0.1) is 11.3 Å². The van der Waals surface area contributed by atoms with Crippen LogP contribution in [-0.2, 0) is 0 Å². The highest BCUT2D eigenvalue weighted by Crippen LogP contribution is 2.31. The Hall–Kier alpha value is -0.340. The standard InChI is InChI=1S/C19H36N2/c1-18(2,3)17-9-11-20(12-10-17)15-16-7-13-21(14-8-16)19(4,5)6/h9,16H,7-8,10-15H2,1-6H3. The molecule has 0 aromatic rings. The lowest BCUT2D eigenvalue weighted by molar-refractivity contribution is 0.0752. The molecule has 0 bridgehead atoms. The van der Waals surface area contributed by atoms with E-state index in [9.17, 15) is 0 Å².